The van der Waals surface area contributed by atoms with E-state index in [9.17, 15) is 18.0 Å². The number of furan rings is 1. The Balaban J connectivity index is 1.67. The number of nitrogens with one attached hydrogen (secondary N) is 2. The largest absolute Gasteiger partial charge is 0.468 e. The fourth-order valence-electron chi connectivity index (χ4n) is 3.09. The fraction of sp³-hybridized carbons (Fsp3) is 0.400. The molecule has 2 atom stereocenters. The minimum absolute atomic E-state index is 0.0930. The second-order valence-corrected chi connectivity index (χ2v) is 9.05. The number of hydrogen-bond acceptors (Lipinski definition) is 6. The molecule has 2 N–H and O–H groups in total. The van der Waals surface area contributed by atoms with Crippen LogP contribution in [0.4, 0.5) is 0 Å². The highest BCUT2D eigenvalue weighted by atomic mass is 32.2. The summed E-state index contributed by atoms with van der Waals surface area (Å²) in [6, 6.07) is 9.52. The fourth-order valence-corrected chi connectivity index (χ4v) is 4.67. The van der Waals surface area contributed by atoms with Gasteiger partial charge in [-0.3, -0.25) is 9.59 Å². The molecule has 0 spiro atoms. The quantitative estimate of drug-likeness (QED) is 0.657. The molecule has 0 bridgehead atoms. The van der Waals surface area contributed by atoms with Gasteiger partial charge in [0.2, 0.25) is 0 Å². The van der Waals surface area contributed by atoms with E-state index < -0.39 is 26.9 Å². The molecule has 1 aromatic carbocycles. The molecular formula is C20H24N2O6S. The second-order valence-electron chi connectivity index (χ2n) is 6.92. The number of benzene rings is 1. The lowest BCUT2D eigenvalue weighted by molar-refractivity contribution is -0.139. The summed E-state index contributed by atoms with van der Waals surface area (Å²) in [4.78, 5) is 24.3. The van der Waals surface area contributed by atoms with E-state index in [1.165, 1.54) is 24.5 Å². The van der Waals surface area contributed by atoms with Crippen LogP contribution in [0, 0.1) is 6.92 Å². The summed E-state index contributed by atoms with van der Waals surface area (Å²) in [6.07, 6.45) is 3.03. The summed E-state index contributed by atoms with van der Waals surface area (Å²) in [6.45, 7) is 2.45. The predicted molar refractivity (Wildman–Crippen MR) is 105 cm³/mol. The standard InChI is InChI=1S/C20H24N2O6S/c1-14-6-8-16(9-7-14)29(25,26)18(17-5-3-11-28-17)13-22-20(24)19(23)21-12-15-4-2-10-27-15/h3,5-9,11,15,18H,2,4,10,12-13H2,1H3,(H,21,23)(H,22,24)/t15-,18-/m0/s1. The van der Waals surface area contributed by atoms with Crippen LogP contribution in [0.25, 0.3) is 0 Å². The van der Waals surface area contributed by atoms with Crippen molar-refractivity contribution in [2.45, 2.75) is 36.0 Å². The monoisotopic (exact) mass is 420 g/mol. The highest BCUT2D eigenvalue weighted by Gasteiger charge is 2.32. The van der Waals surface area contributed by atoms with Crippen LogP contribution in [0.15, 0.2) is 52.0 Å². The minimum atomic E-state index is -3.85. The maximum Gasteiger partial charge on any atom is 0.309 e. The van der Waals surface area contributed by atoms with Crippen molar-refractivity contribution in [2.24, 2.45) is 0 Å². The third-order valence-electron chi connectivity index (χ3n) is 4.75. The molecule has 1 saturated heterocycles. The molecule has 3 rings (SSSR count). The van der Waals surface area contributed by atoms with Crippen LogP contribution in [0.2, 0.25) is 0 Å². The number of aryl methyl sites for hydroxylation is 1. The number of rotatable bonds is 7. The van der Waals surface area contributed by atoms with Crippen molar-refractivity contribution in [3.05, 3.63) is 54.0 Å². The second kappa shape index (κ2) is 9.23. The number of sulfone groups is 1. The molecule has 0 unspecified atom stereocenters. The van der Waals surface area contributed by atoms with E-state index in [2.05, 4.69) is 10.6 Å². The van der Waals surface area contributed by atoms with Crippen molar-refractivity contribution in [2.75, 3.05) is 19.7 Å². The molecular weight excluding hydrogens is 396 g/mol. The number of ether oxygens (including phenoxy) is 1. The van der Waals surface area contributed by atoms with Crippen LogP contribution in [0.1, 0.15) is 29.4 Å². The summed E-state index contributed by atoms with van der Waals surface area (Å²) >= 11 is 0. The zero-order chi connectivity index (χ0) is 20.9. The van der Waals surface area contributed by atoms with E-state index in [0.717, 1.165) is 18.4 Å². The van der Waals surface area contributed by atoms with Gasteiger partial charge in [0.15, 0.2) is 9.84 Å². The van der Waals surface area contributed by atoms with Gasteiger partial charge in [0.05, 0.1) is 17.3 Å². The SMILES string of the molecule is Cc1ccc(S(=O)(=O)[C@@H](CNC(=O)C(=O)NC[C@@H]2CCCO2)c2ccco2)cc1. The first-order chi connectivity index (χ1) is 13.9. The minimum Gasteiger partial charge on any atom is -0.468 e. The molecule has 0 aliphatic carbocycles. The molecule has 1 fully saturated rings. The highest BCUT2D eigenvalue weighted by molar-refractivity contribution is 7.91. The molecule has 8 nitrogen and oxygen atoms in total. The zero-order valence-electron chi connectivity index (χ0n) is 16.1. The molecule has 0 radical (unpaired) electrons. The van der Waals surface area contributed by atoms with Crippen molar-refractivity contribution in [3.63, 3.8) is 0 Å². The van der Waals surface area contributed by atoms with Gasteiger partial charge in [0.25, 0.3) is 0 Å². The van der Waals surface area contributed by atoms with E-state index in [1.54, 1.807) is 18.2 Å². The van der Waals surface area contributed by atoms with Gasteiger partial charge in [-0.15, -0.1) is 0 Å². The first kappa shape index (κ1) is 21.1. The number of carbonyl (C=O) groups excluding carboxylic acids is 2. The van der Waals surface area contributed by atoms with Crippen LogP contribution >= 0.6 is 0 Å². The first-order valence-corrected chi connectivity index (χ1v) is 10.9. The zero-order valence-corrected chi connectivity index (χ0v) is 16.9. The smallest absolute Gasteiger partial charge is 0.309 e. The number of hydrogen-bond donors (Lipinski definition) is 2. The van der Waals surface area contributed by atoms with Gasteiger partial charge in [-0.25, -0.2) is 8.42 Å². The van der Waals surface area contributed by atoms with Gasteiger partial charge in [0, 0.05) is 19.7 Å². The van der Waals surface area contributed by atoms with Gasteiger partial charge in [-0.1, -0.05) is 17.7 Å². The molecule has 1 aliphatic heterocycles. The topological polar surface area (TPSA) is 115 Å². The third kappa shape index (κ3) is 5.24. The Morgan fingerprint density at radius 1 is 1.14 bits per heavy atom. The van der Waals surface area contributed by atoms with Crippen LogP contribution in [0.3, 0.4) is 0 Å². The third-order valence-corrected chi connectivity index (χ3v) is 6.83. The first-order valence-electron chi connectivity index (χ1n) is 9.39. The van der Waals surface area contributed by atoms with Gasteiger partial charge >= 0.3 is 11.8 Å². The molecule has 2 amide bonds. The van der Waals surface area contributed by atoms with Crippen molar-refractivity contribution in [3.8, 4) is 0 Å². The lowest BCUT2D eigenvalue weighted by Crippen LogP contribution is -2.44. The Morgan fingerprint density at radius 3 is 2.48 bits per heavy atom. The van der Waals surface area contributed by atoms with Crippen molar-refractivity contribution < 1.29 is 27.2 Å². The number of carbonyl (C=O) groups is 2. The summed E-state index contributed by atoms with van der Waals surface area (Å²) in [5, 5.41) is 3.76. The van der Waals surface area contributed by atoms with E-state index in [-0.39, 0.29) is 29.8 Å². The van der Waals surface area contributed by atoms with Crippen molar-refractivity contribution in [1.82, 2.24) is 10.6 Å². The molecule has 9 heteroatoms. The van der Waals surface area contributed by atoms with Crippen LogP contribution < -0.4 is 10.6 Å². The van der Waals surface area contributed by atoms with Gasteiger partial charge in [-0.2, -0.15) is 0 Å². The van der Waals surface area contributed by atoms with E-state index in [4.69, 9.17) is 9.15 Å². The summed E-state index contributed by atoms with van der Waals surface area (Å²) < 4.78 is 36.9. The molecule has 156 valence electrons. The highest BCUT2D eigenvalue weighted by Crippen LogP contribution is 2.29. The van der Waals surface area contributed by atoms with Gasteiger partial charge in [0.1, 0.15) is 11.0 Å². The molecule has 0 saturated carbocycles. The van der Waals surface area contributed by atoms with Crippen LogP contribution in [-0.4, -0.2) is 46.0 Å². The Morgan fingerprint density at radius 2 is 1.86 bits per heavy atom. The molecule has 29 heavy (non-hydrogen) atoms. The Labute approximate surface area is 169 Å². The molecule has 1 aromatic heterocycles. The van der Waals surface area contributed by atoms with Crippen LogP contribution in [0.5, 0.6) is 0 Å². The van der Waals surface area contributed by atoms with E-state index in [0.29, 0.717) is 6.61 Å². The Bertz CT molecular complexity index is 932. The van der Waals surface area contributed by atoms with E-state index >= 15 is 0 Å². The van der Waals surface area contributed by atoms with Crippen molar-refractivity contribution in [1.29, 1.82) is 0 Å². The maximum atomic E-state index is 13.1. The normalized spacial score (nSPS) is 17.6. The summed E-state index contributed by atoms with van der Waals surface area (Å²) in [5.74, 6) is -1.55. The van der Waals surface area contributed by atoms with Gasteiger partial charge in [-0.05, 0) is 44.0 Å². The lowest BCUT2D eigenvalue weighted by Gasteiger charge is -2.17. The maximum absolute atomic E-state index is 13.1. The Kier molecular flexibility index (Phi) is 6.71. The van der Waals surface area contributed by atoms with Crippen molar-refractivity contribution >= 4 is 21.7 Å². The average molecular weight is 420 g/mol. The predicted octanol–water partition coefficient (Wildman–Crippen LogP) is 1.51. The molecule has 2 heterocycles. The summed E-state index contributed by atoms with van der Waals surface area (Å²) in [7, 11) is -3.85. The van der Waals surface area contributed by atoms with Crippen LogP contribution in [-0.2, 0) is 24.2 Å². The van der Waals surface area contributed by atoms with E-state index in [1.807, 2.05) is 6.92 Å². The molecule has 1 aliphatic rings. The number of amides is 2. The Hall–Kier alpha value is -2.65. The lowest BCUT2D eigenvalue weighted by atomic mass is 10.2. The van der Waals surface area contributed by atoms with Gasteiger partial charge < -0.3 is 19.8 Å². The summed E-state index contributed by atoms with van der Waals surface area (Å²) in [5.41, 5.74) is 0.926. The molecule has 2 aromatic rings. The average Bonchev–Trinajstić information content (AvgIpc) is 3.40.